The maximum Gasteiger partial charge on any atom is 0.249 e. The van der Waals surface area contributed by atoms with E-state index in [9.17, 15) is 9.18 Å². The SMILES string of the molecule is CCN1c2nc(NCc3cnn(Cc4ccc(F)cc4)c3)ncc2N(C)C(=O)C1C. The number of carbonyl (C=O) groups excluding carboxylic acids is 1. The number of aromatic nitrogens is 4. The van der Waals surface area contributed by atoms with Crippen molar-refractivity contribution in [3.8, 4) is 0 Å². The van der Waals surface area contributed by atoms with Crippen molar-refractivity contribution >= 4 is 23.4 Å². The van der Waals surface area contributed by atoms with Crippen LogP contribution in [0.25, 0.3) is 0 Å². The Morgan fingerprint density at radius 3 is 2.67 bits per heavy atom. The monoisotopic (exact) mass is 409 g/mol. The lowest BCUT2D eigenvalue weighted by Gasteiger charge is -2.38. The second-order valence-electron chi connectivity index (χ2n) is 7.29. The molecule has 1 aromatic carbocycles. The molecule has 0 aliphatic carbocycles. The van der Waals surface area contributed by atoms with E-state index in [4.69, 9.17) is 0 Å². The molecule has 1 aliphatic rings. The van der Waals surface area contributed by atoms with E-state index in [0.717, 1.165) is 16.9 Å². The molecule has 9 heteroatoms. The van der Waals surface area contributed by atoms with Gasteiger partial charge in [-0.25, -0.2) is 9.37 Å². The number of nitrogens with one attached hydrogen (secondary N) is 1. The molecule has 3 heterocycles. The first-order valence-electron chi connectivity index (χ1n) is 9.87. The number of nitrogens with zero attached hydrogens (tertiary/aromatic N) is 6. The third kappa shape index (κ3) is 3.83. The quantitative estimate of drug-likeness (QED) is 0.674. The van der Waals surface area contributed by atoms with Gasteiger partial charge in [-0.1, -0.05) is 12.1 Å². The van der Waals surface area contributed by atoms with Crippen molar-refractivity contribution in [1.29, 1.82) is 0 Å². The number of hydrogen-bond donors (Lipinski definition) is 1. The number of halogens is 1. The Kier molecular flexibility index (Phi) is 5.35. The Hall–Kier alpha value is -3.49. The number of rotatable bonds is 6. The molecule has 3 aromatic rings. The number of benzene rings is 1. The number of anilines is 3. The van der Waals surface area contributed by atoms with Crippen molar-refractivity contribution in [2.24, 2.45) is 0 Å². The number of carbonyl (C=O) groups is 1. The van der Waals surface area contributed by atoms with E-state index in [-0.39, 0.29) is 17.8 Å². The Labute approximate surface area is 174 Å². The molecule has 8 nitrogen and oxygen atoms in total. The fourth-order valence-electron chi connectivity index (χ4n) is 3.58. The van der Waals surface area contributed by atoms with Crippen molar-refractivity contribution in [3.63, 3.8) is 0 Å². The lowest BCUT2D eigenvalue weighted by molar-refractivity contribution is -0.119. The zero-order valence-electron chi connectivity index (χ0n) is 17.2. The van der Waals surface area contributed by atoms with Crippen LogP contribution < -0.4 is 15.1 Å². The number of fused-ring (bicyclic) bond motifs is 1. The van der Waals surface area contributed by atoms with Crippen LogP contribution in [-0.4, -0.2) is 45.3 Å². The fraction of sp³-hybridized carbons (Fsp3) is 0.333. The molecule has 1 amide bonds. The highest BCUT2D eigenvalue weighted by molar-refractivity contribution is 6.04. The largest absolute Gasteiger partial charge is 0.350 e. The molecular formula is C21H24FN7O. The van der Waals surface area contributed by atoms with Crippen LogP contribution in [0, 0.1) is 5.82 Å². The summed E-state index contributed by atoms with van der Waals surface area (Å²) in [5, 5.41) is 7.59. The van der Waals surface area contributed by atoms with E-state index >= 15 is 0 Å². The summed E-state index contributed by atoms with van der Waals surface area (Å²) in [6, 6.07) is 6.12. The Bertz CT molecular complexity index is 1050. The van der Waals surface area contributed by atoms with Gasteiger partial charge in [-0.3, -0.25) is 9.48 Å². The maximum absolute atomic E-state index is 13.0. The lowest BCUT2D eigenvalue weighted by Crippen LogP contribution is -2.51. The zero-order chi connectivity index (χ0) is 21.3. The average Bonchev–Trinajstić information content (AvgIpc) is 3.20. The summed E-state index contributed by atoms with van der Waals surface area (Å²) in [6.07, 6.45) is 5.39. The predicted octanol–water partition coefficient (Wildman–Crippen LogP) is 2.66. The van der Waals surface area contributed by atoms with Crippen LogP contribution in [0.2, 0.25) is 0 Å². The second-order valence-corrected chi connectivity index (χ2v) is 7.29. The van der Waals surface area contributed by atoms with Crippen molar-refractivity contribution in [2.75, 3.05) is 28.7 Å². The molecule has 0 radical (unpaired) electrons. The fourth-order valence-corrected chi connectivity index (χ4v) is 3.58. The van der Waals surface area contributed by atoms with E-state index in [2.05, 4.69) is 20.4 Å². The highest BCUT2D eigenvalue weighted by Gasteiger charge is 2.34. The van der Waals surface area contributed by atoms with Gasteiger partial charge in [0, 0.05) is 31.9 Å². The Morgan fingerprint density at radius 2 is 1.93 bits per heavy atom. The van der Waals surface area contributed by atoms with Crippen LogP contribution in [0.1, 0.15) is 25.0 Å². The van der Waals surface area contributed by atoms with Gasteiger partial charge in [0.15, 0.2) is 5.82 Å². The van der Waals surface area contributed by atoms with E-state index in [1.165, 1.54) is 12.1 Å². The minimum absolute atomic E-state index is 0.0298. The molecule has 1 atom stereocenters. The first kappa shape index (κ1) is 19.8. The molecular weight excluding hydrogens is 385 g/mol. The Balaban J connectivity index is 1.45. The molecule has 0 saturated carbocycles. The summed E-state index contributed by atoms with van der Waals surface area (Å²) in [5.74, 6) is 1.02. The molecule has 1 aliphatic heterocycles. The molecule has 156 valence electrons. The van der Waals surface area contributed by atoms with Crippen molar-refractivity contribution in [2.45, 2.75) is 33.0 Å². The van der Waals surface area contributed by atoms with Gasteiger partial charge in [0.05, 0.1) is 18.9 Å². The van der Waals surface area contributed by atoms with Gasteiger partial charge in [-0.15, -0.1) is 0 Å². The van der Waals surface area contributed by atoms with Crippen molar-refractivity contribution < 1.29 is 9.18 Å². The van der Waals surface area contributed by atoms with E-state index < -0.39 is 0 Å². The highest BCUT2D eigenvalue weighted by atomic mass is 19.1. The zero-order valence-corrected chi connectivity index (χ0v) is 17.2. The van der Waals surface area contributed by atoms with Gasteiger partial charge in [-0.05, 0) is 31.5 Å². The van der Waals surface area contributed by atoms with Crippen LogP contribution in [0.3, 0.4) is 0 Å². The van der Waals surface area contributed by atoms with Gasteiger partial charge in [0.2, 0.25) is 11.9 Å². The first-order chi connectivity index (χ1) is 14.5. The third-order valence-electron chi connectivity index (χ3n) is 5.27. The second kappa shape index (κ2) is 8.10. The molecule has 0 bridgehead atoms. The molecule has 4 rings (SSSR count). The van der Waals surface area contributed by atoms with Crippen molar-refractivity contribution in [1.82, 2.24) is 19.7 Å². The molecule has 0 spiro atoms. The summed E-state index contributed by atoms with van der Waals surface area (Å²) in [4.78, 5) is 25.0. The van der Waals surface area contributed by atoms with Gasteiger partial charge in [0.25, 0.3) is 0 Å². The summed E-state index contributed by atoms with van der Waals surface area (Å²) in [7, 11) is 1.75. The van der Waals surface area contributed by atoms with Gasteiger partial charge in [-0.2, -0.15) is 10.1 Å². The normalized spacial score (nSPS) is 16.0. The van der Waals surface area contributed by atoms with Crippen LogP contribution in [0.5, 0.6) is 0 Å². The maximum atomic E-state index is 13.0. The summed E-state index contributed by atoms with van der Waals surface area (Å²) >= 11 is 0. The standard InChI is InChI=1S/C21H24FN7O/c1-4-29-14(2)20(30)27(3)18-11-24-21(26-19(18)29)23-9-16-10-25-28(13-16)12-15-5-7-17(22)8-6-15/h5-8,10-11,13-14H,4,9,12H2,1-3H3,(H,23,24,26). The van der Waals surface area contributed by atoms with Crippen LogP contribution >= 0.6 is 0 Å². The summed E-state index contributed by atoms with van der Waals surface area (Å²) < 4.78 is 14.8. The average molecular weight is 409 g/mol. The van der Waals surface area contributed by atoms with Crippen LogP contribution in [0.4, 0.5) is 21.8 Å². The number of likely N-dealkylation sites (N-methyl/N-ethyl adjacent to an activating group) is 2. The highest BCUT2D eigenvalue weighted by Crippen LogP contribution is 2.33. The van der Waals surface area contributed by atoms with Crippen LogP contribution in [-0.2, 0) is 17.9 Å². The number of hydrogen-bond acceptors (Lipinski definition) is 6. The smallest absolute Gasteiger partial charge is 0.249 e. The topological polar surface area (TPSA) is 79.2 Å². The predicted molar refractivity (Wildman–Crippen MR) is 113 cm³/mol. The summed E-state index contributed by atoms with van der Waals surface area (Å²) in [5.41, 5.74) is 2.66. The first-order valence-corrected chi connectivity index (χ1v) is 9.87. The minimum atomic E-state index is -0.264. The van der Waals surface area contributed by atoms with E-state index in [0.29, 0.717) is 31.3 Å². The van der Waals surface area contributed by atoms with Gasteiger partial charge < -0.3 is 15.1 Å². The lowest BCUT2D eigenvalue weighted by atomic mass is 10.1. The minimum Gasteiger partial charge on any atom is -0.350 e. The molecule has 0 saturated heterocycles. The number of amides is 1. The van der Waals surface area contributed by atoms with E-state index in [1.807, 2.05) is 24.9 Å². The van der Waals surface area contributed by atoms with Gasteiger partial charge in [0.1, 0.15) is 17.5 Å². The van der Waals surface area contributed by atoms with Crippen LogP contribution in [0.15, 0.2) is 42.9 Å². The third-order valence-corrected chi connectivity index (χ3v) is 5.27. The molecule has 2 aromatic heterocycles. The van der Waals surface area contributed by atoms with Crippen molar-refractivity contribution in [3.05, 3.63) is 59.8 Å². The van der Waals surface area contributed by atoms with Gasteiger partial charge >= 0.3 is 0 Å². The molecule has 1 N–H and O–H groups in total. The van der Waals surface area contributed by atoms with E-state index in [1.54, 1.807) is 41.2 Å². The molecule has 30 heavy (non-hydrogen) atoms. The molecule has 1 unspecified atom stereocenters. The Morgan fingerprint density at radius 1 is 1.17 bits per heavy atom. The summed E-state index contributed by atoms with van der Waals surface area (Å²) in [6.45, 7) is 5.65. The molecule has 0 fully saturated rings.